The summed E-state index contributed by atoms with van der Waals surface area (Å²) in [6.45, 7) is 8.37. The fourth-order valence-corrected chi connectivity index (χ4v) is 3.68. The normalized spacial score (nSPS) is 11.0. The van der Waals surface area contributed by atoms with E-state index in [1.165, 1.54) is 0 Å². The van der Waals surface area contributed by atoms with Crippen LogP contribution in [0.25, 0.3) is 11.1 Å². The number of hydrogen-bond donors (Lipinski definition) is 1. The minimum absolute atomic E-state index is 0.108. The maximum absolute atomic E-state index is 12.0. The number of nitrogens with zero attached hydrogens (tertiary/aromatic N) is 1. The van der Waals surface area contributed by atoms with Gasteiger partial charge in [0, 0.05) is 15.7 Å². The number of aromatic nitrogens is 1. The lowest BCUT2D eigenvalue weighted by Crippen LogP contribution is -2.12. The first-order valence-electron chi connectivity index (χ1n) is 9.96. The Labute approximate surface area is 186 Å². The number of carbonyl (C=O) groups is 1. The SMILES string of the molecule is Cc1ccc(OCc2nc(CC(C)C)c(-c3ccc(Br)cc3)cc2C(=O)O)c(C)c1. The smallest absolute Gasteiger partial charge is 0.337 e. The van der Waals surface area contributed by atoms with E-state index in [4.69, 9.17) is 9.72 Å². The van der Waals surface area contributed by atoms with Crippen LogP contribution in [-0.4, -0.2) is 16.1 Å². The van der Waals surface area contributed by atoms with Gasteiger partial charge in [0.15, 0.2) is 0 Å². The largest absolute Gasteiger partial charge is 0.487 e. The van der Waals surface area contributed by atoms with E-state index in [1.807, 2.05) is 56.3 Å². The Morgan fingerprint density at radius 1 is 1.07 bits per heavy atom. The summed E-state index contributed by atoms with van der Waals surface area (Å²) in [5, 5.41) is 9.84. The van der Waals surface area contributed by atoms with Crippen LogP contribution in [0.5, 0.6) is 5.75 Å². The van der Waals surface area contributed by atoms with Gasteiger partial charge in [-0.15, -0.1) is 0 Å². The highest BCUT2D eigenvalue weighted by molar-refractivity contribution is 9.10. The molecule has 0 saturated carbocycles. The third-order valence-corrected chi connectivity index (χ3v) is 5.39. The molecule has 1 aromatic heterocycles. The molecule has 2 aromatic carbocycles. The zero-order valence-corrected chi connectivity index (χ0v) is 19.3. The number of rotatable bonds is 7. The van der Waals surface area contributed by atoms with Crippen LogP contribution in [0.4, 0.5) is 0 Å². The Hall–Kier alpha value is -2.66. The topological polar surface area (TPSA) is 59.4 Å². The van der Waals surface area contributed by atoms with E-state index >= 15 is 0 Å². The number of benzene rings is 2. The molecular formula is C25H26BrNO3. The summed E-state index contributed by atoms with van der Waals surface area (Å²) in [7, 11) is 0. The second kappa shape index (κ2) is 9.43. The number of hydrogen-bond acceptors (Lipinski definition) is 3. The van der Waals surface area contributed by atoms with Crippen molar-refractivity contribution in [2.45, 2.75) is 40.7 Å². The van der Waals surface area contributed by atoms with E-state index in [1.54, 1.807) is 6.07 Å². The predicted molar refractivity (Wildman–Crippen MR) is 123 cm³/mol. The van der Waals surface area contributed by atoms with Crippen molar-refractivity contribution in [3.63, 3.8) is 0 Å². The summed E-state index contributed by atoms with van der Waals surface area (Å²) in [4.78, 5) is 16.8. The van der Waals surface area contributed by atoms with Gasteiger partial charge in [0.1, 0.15) is 12.4 Å². The van der Waals surface area contributed by atoms with Crippen LogP contribution in [0, 0.1) is 19.8 Å². The molecule has 0 atom stereocenters. The van der Waals surface area contributed by atoms with Gasteiger partial charge in [0.2, 0.25) is 0 Å². The van der Waals surface area contributed by atoms with Crippen LogP contribution in [0.15, 0.2) is 53.0 Å². The zero-order chi connectivity index (χ0) is 21.8. The first kappa shape index (κ1) is 22.0. The van der Waals surface area contributed by atoms with Gasteiger partial charge < -0.3 is 9.84 Å². The summed E-state index contributed by atoms with van der Waals surface area (Å²) >= 11 is 3.45. The fourth-order valence-electron chi connectivity index (χ4n) is 3.42. The quantitative estimate of drug-likeness (QED) is 0.424. The summed E-state index contributed by atoms with van der Waals surface area (Å²) in [6, 6.07) is 15.5. The average molecular weight is 468 g/mol. The molecule has 0 saturated heterocycles. The van der Waals surface area contributed by atoms with Crippen molar-refractivity contribution in [1.82, 2.24) is 4.98 Å². The minimum Gasteiger partial charge on any atom is -0.487 e. The number of halogens is 1. The molecule has 0 unspecified atom stereocenters. The van der Waals surface area contributed by atoms with E-state index in [0.29, 0.717) is 11.6 Å². The predicted octanol–water partition coefficient (Wildman–Crippen LogP) is 6.60. The van der Waals surface area contributed by atoms with Crippen LogP contribution in [-0.2, 0) is 13.0 Å². The monoisotopic (exact) mass is 467 g/mol. The fraction of sp³-hybridized carbons (Fsp3) is 0.280. The van der Waals surface area contributed by atoms with Gasteiger partial charge in [-0.25, -0.2) is 4.79 Å². The van der Waals surface area contributed by atoms with Crippen LogP contribution < -0.4 is 4.74 Å². The van der Waals surface area contributed by atoms with Crippen molar-refractivity contribution < 1.29 is 14.6 Å². The maximum Gasteiger partial charge on any atom is 0.337 e. The van der Waals surface area contributed by atoms with E-state index < -0.39 is 5.97 Å². The zero-order valence-electron chi connectivity index (χ0n) is 17.7. The van der Waals surface area contributed by atoms with Crippen LogP contribution in [0.2, 0.25) is 0 Å². The van der Waals surface area contributed by atoms with Crippen LogP contribution in [0.1, 0.15) is 46.7 Å². The molecule has 0 bridgehead atoms. The minimum atomic E-state index is -1.00. The Morgan fingerprint density at radius 3 is 2.37 bits per heavy atom. The number of carboxylic acid groups (broad SMARTS) is 1. The Bertz CT molecular complexity index is 1060. The lowest BCUT2D eigenvalue weighted by molar-refractivity contribution is 0.0693. The molecule has 4 nitrogen and oxygen atoms in total. The van der Waals surface area contributed by atoms with Gasteiger partial charge >= 0.3 is 5.97 Å². The van der Waals surface area contributed by atoms with E-state index in [0.717, 1.165) is 44.6 Å². The molecule has 0 aliphatic carbocycles. The molecule has 0 radical (unpaired) electrons. The standard InChI is InChI=1S/C25H26BrNO3/c1-15(2)11-22-20(18-6-8-19(26)9-7-18)13-21(25(28)29)23(27-22)14-30-24-10-5-16(3)12-17(24)4/h5-10,12-13,15H,11,14H2,1-4H3,(H,28,29). The molecule has 3 aromatic rings. The molecule has 3 rings (SSSR count). The maximum atomic E-state index is 12.0. The third-order valence-electron chi connectivity index (χ3n) is 4.86. The summed E-state index contributed by atoms with van der Waals surface area (Å²) in [6.07, 6.45) is 0.752. The number of ether oxygens (including phenoxy) is 1. The van der Waals surface area contributed by atoms with E-state index in [-0.39, 0.29) is 12.2 Å². The second-order valence-electron chi connectivity index (χ2n) is 7.94. The van der Waals surface area contributed by atoms with Crippen molar-refractivity contribution in [2.75, 3.05) is 0 Å². The molecular weight excluding hydrogens is 442 g/mol. The van der Waals surface area contributed by atoms with Gasteiger partial charge in [-0.05, 0) is 61.6 Å². The van der Waals surface area contributed by atoms with Gasteiger partial charge in [0.05, 0.1) is 11.3 Å². The number of aryl methyl sites for hydroxylation is 2. The van der Waals surface area contributed by atoms with Crippen molar-refractivity contribution in [3.05, 3.63) is 81.1 Å². The van der Waals surface area contributed by atoms with E-state index in [9.17, 15) is 9.90 Å². The average Bonchev–Trinajstić information content (AvgIpc) is 2.67. The number of pyridine rings is 1. The molecule has 5 heteroatoms. The first-order chi connectivity index (χ1) is 14.2. The lowest BCUT2D eigenvalue weighted by atomic mass is 9.95. The Balaban J connectivity index is 2.03. The highest BCUT2D eigenvalue weighted by Crippen LogP contribution is 2.29. The second-order valence-corrected chi connectivity index (χ2v) is 8.86. The molecule has 0 amide bonds. The lowest BCUT2D eigenvalue weighted by Gasteiger charge is -2.17. The Morgan fingerprint density at radius 2 is 1.77 bits per heavy atom. The molecule has 0 aliphatic heterocycles. The van der Waals surface area contributed by atoms with E-state index in [2.05, 4.69) is 29.8 Å². The molecule has 0 aliphatic rings. The highest BCUT2D eigenvalue weighted by Gasteiger charge is 2.19. The third kappa shape index (κ3) is 5.28. The van der Waals surface area contributed by atoms with Crippen molar-refractivity contribution in [3.8, 4) is 16.9 Å². The van der Waals surface area contributed by atoms with Crippen molar-refractivity contribution in [2.24, 2.45) is 5.92 Å². The van der Waals surface area contributed by atoms with Gasteiger partial charge in [-0.1, -0.05) is 59.6 Å². The molecule has 1 N–H and O–H groups in total. The molecule has 1 heterocycles. The molecule has 0 spiro atoms. The van der Waals surface area contributed by atoms with Gasteiger partial charge in [-0.3, -0.25) is 4.98 Å². The molecule has 156 valence electrons. The summed E-state index contributed by atoms with van der Waals surface area (Å²) in [5.41, 5.74) is 5.47. The summed E-state index contributed by atoms with van der Waals surface area (Å²) < 4.78 is 6.93. The van der Waals surface area contributed by atoms with Crippen molar-refractivity contribution >= 4 is 21.9 Å². The summed E-state index contributed by atoms with van der Waals surface area (Å²) in [5.74, 6) is 0.118. The van der Waals surface area contributed by atoms with Crippen LogP contribution in [0.3, 0.4) is 0 Å². The number of carboxylic acids is 1. The first-order valence-corrected chi connectivity index (χ1v) is 10.8. The number of aromatic carboxylic acids is 1. The highest BCUT2D eigenvalue weighted by atomic mass is 79.9. The van der Waals surface area contributed by atoms with Gasteiger partial charge in [0.25, 0.3) is 0 Å². The molecule has 0 fully saturated rings. The molecule has 30 heavy (non-hydrogen) atoms. The Kier molecular flexibility index (Phi) is 6.93. The van der Waals surface area contributed by atoms with Gasteiger partial charge in [-0.2, -0.15) is 0 Å². The van der Waals surface area contributed by atoms with Crippen LogP contribution >= 0.6 is 15.9 Å². The van der Waals surface area contributed by atoms with Crippen molar-refractivity contribution in [1.29, 1.82) is 0 Å².